The Balaban J connectivity index is 2.55. The summed E-state index contributed by atoms with van der Waals surface area (Å²) < 4.78 is 6.14. The first-order chi connectivity index (χ1) is 6.25. The number of ether oxygens (including phenoxy) is 1. The number of aliphatic hydroxyl groups excluding tert-OH is 1. The molecule has 0 atom stereocenters. The van der Waals surface area contributed by atoms with Crippen molar-refractivity contribution < 1.29 is 14.6 Å². The minimum Gasteiger partial charge on any atom is -0.394 e. The van der Waals surface area contributed by atoms with E-state index in [1.165, 1.54) is 10.9 Å². The van der Waals surface area contributed by atoms with Crippen molar-refractivity contribution in [3.8, 4) is 0 Å². The summed E-state index contributed by atoms with van der Waals surface area (Å²) >= 11 is 0. The molecule has 0 saturated carbocycles. The van der Waals surface area contributed by atoms with Crippen LogP contribution in [0.3, 0.4) is 0 Å². The molecular weight excluding hydrogens is 176 g/mol. The monoisotopic (exact) mass is 186 g/mol. The van der Waals surface area contributed by atoms with E-state index in [0.29, 0.717) is 0 Å². The summed E-state index contributed by atoms with van der Waals surface area (Å²) in [5, 5.41) is 15.5. The van der Waals surface area contributed by atoms with Crippen LogP contribution in [0, 0.1) is 0 Å². The van der Waals surface area contributed by atoms with Gasteiger partial charge in [0, 0.05) is 0 Å². The lowest BCUT2D eigenvalue weighted by atomic mass is 10.4. The Morgan fingerprint density at radius 1 is 1.77 bits per heavy atom. The first-order valence-electron chi connectivity index (χ1n) is 3.62. The molecule has 0 bridgehead atoms. The lowest BCUT2D eigenvalue weighted by Gasteiger charge is -2.03. The summed E-state index contributed by atoms with van der Waals surface area (Å²) in [6.07, 6.45) is 1.25. The second-order valence-corrected chi connectivity index (χ2v) is 2.24. The molecule has 0 unspecified atom stereocenters. The normalized spacial score (nSPS) is 10.2. The van der Waals surface area contributed by atoms with Crippen molar-refractivity contribution in [2.24, 2.45) is 5.73 Å². The van der Waals surface area contributed by atoms with Gasteiger partial charge in [0.2, 0.25) is 0 Å². The molecule has 0 saturated heterocycles. The van der Waals surface area contributed by atoms with Crippen molar-refractivity contribution in [2.45, 2.75) is 6.73 Å². The van der Waals surface area contributed by atoms with Crippen LogP contribution >= 0.6 is 0 Å². The molecular formula is C6H10N4O3. The third-order valence-electron chi connectivity index (χ3n) is 1.32. The Morgan fingerprint density at radius 3 is 3.15 bits per heavy atom. The molecule has 7 nitrogen and oxygen atoms in total. The quantitative estimate of drug-likeness (QED) is 0.536. The molecule has 0 aliphatic carbocycles. The maximum atomic E-state index is 10.7. The fraction of sp³-hybridized carbons (Fsp3) is 0.500. The molecule has 0 radical (unpaired) electrons. The van der Waals surface area contributed by atoms with Crippen LogP contribution in [-0.2, 0) is 11.5 Å². The van der Waals surface area contributed by atoms with Crippen molar-refractivity contribution in [1.82, 2.24) is 15.0 Å². The molecule has 1 aromatic heterocycles. The van der Waals surface area contributed by atoms with Crippen LogP contribution in [0.15, 0.2) is 6.20 Å². The molecule has 0 aromatic carbocycles. The number of nitrogens with two attached hydrogens (primary N) is 1. The van der Waals surface area contributed by atoms with Gasteiger partial charge < -0.3 is 15.6 Å². The van der Waals surface area contributed by atoms with Gasteiger partial charge in [-0.2, -0.15) is 0 Å². The molecule has 1 rings (SSSR count). The predicted molar refractivity (Wildman–Crippen MR) is 41.6 cm³/mol. The number of aromatic nitrogens is 3. The largest absolute Gasteiger partial charge is 0.394 e. The molecule has 0 aliphatic heterocycles. The number of hydrogen-bond donors (Lipinski definition) is 2. The first-order valence-corrected chi connectivity index (χ1v) is 3.62. The number of amides is 1. The van der Waals surface area contributed by atoms with Crippen LogP contribution in [0.25, 0.3) is 0 Å². The van der Waals surface area contributed by atoms with Gasteiger partial charge in [0.25, 0.3) is 5.91 Å². The first kappa shape index (κ1) is 9.62. The minimum atomic E-state index is -0.613. The van der Waals surface area contributed by atoms with Gasteiger partial charge in [0.15, 0.2) is 0 Å². The van der Waals surface area contributed by atoms with Gasteiger partial charge in [-0.05, 0) is 0 Å². The molecule has 1 aromatic rings. The fourth-order valence-electron chi connectivity index (χ4n) is 0.759. The predicted octanol–water partition coefficient (Wildman–Crippen LogP) is -1.66. The average Bonchev–Trinajstić information content (AvgIpc) is 2.53. The summed E-state index contributed by atoms with van der Waals surface area (Å²) in [4.78, 5) is 10.7. The molecule has 1 heterocycles. The van der Waals surface area contributed by atoms with Crippen LogP contribution in [-0.4, -0.2) is 39.2 Å². The van der Waals surface area contributed by atoms with Gasteiger partial charge >= 0.3 is 0 Å². The van der Waals surface area contributed by atoms with Gasteiger partial charge in [0.05, 0.1) is 19.4 Å². The smallest absolute Gasteiger partial charge is 0.268 e. The zero-order valence-electron chi connectivity index (χ0n) is 6.88. The van der Waals surface area contributed by atoms with E-state index in [1.807, 2.05) is 0 Å². The maximum Gasteiger partial charge on any atom is 0.268 e. The molecule has 13 heavy (non-hydrogen) atoms. The van der Waals surface area contributed by atoms with Crippen molar-refractivity contribution in [2.75, 3.05) is 13.2 Å². The third kappa shape index (κ3) is 2.49. The number of primary amides is 1. The molecule has 3 N–H and O–H groups in total. The summed E-state index contributed by atoms with van der Waals surface area (Å²) in [6, 6.07) is 0. The van der Waals surface area contributed by atoms with Crippen LogP contribution in [0.2, 0.25) is 0 Å². The summed E-state index contributed by atoms with van der Waals surface area (Å²) in [5.41, 5.74) is 5.20. The third-order valence-corrected chi connectivity index (χ3v) is 1.32. The molecule has 72 valence electrons. The van der Waals surface area contributed by atoms with E-state index in [4.69, 9.17) is 15.6 Å². The van der Waals surface area contributed by atoms with Crippen molar-refractivity contribution in [3.63, 3.8) is 0 Å². The highest BCUT2D eigenvalue weighted by Crippen LogP contribution is 1.94. The highest BCUT2D eigenvalue weighted by Gasteiger charge is 2.08. The lowest BCUT2D eigenvalue weighted by molar-refractivity contribution is 0.0392. The van der Waals surface area contributed by atoms with E-state index in [0.717, 1.165) is 0 Å². The number of nitrogens with zero attached hydrogens (tertiary/aromatic N) is 3. The van der Waals surface area contributed by atoms with Gasteiger partial charge in [-0.1, -0.05) is 5.21 Å². The van der Waals surface area contributed by atoms with E-state index in [2.05, 4.69) is 10.3 Å². The maximum absolute atomic E-state index is 10.7. The van der Waals surface area contributed by atoms with E-state index >= 15 is 0 Å². The highest BCUT2D eigenvalue weighted by molar-refractivity contribution is 5.90. The van der Waals surface area contributed by atoms with E-state index in [9.17, 15) is 4.79 Å². The SMILES string of the molecule is NC(=O)c1cnnn1COCCO. The van der Waals surface area contributed by atoms with Crippen molar-refractivity contribution in [3.05, 3.63) is 11.9 Å². The van der Waals surface area contributed by atoms with Gasteiger partial charge in [-0.15, -0.1) is 5.10 Å². The van der Waals surface area contributed by atoms with Gasteiger partial charge in [-0.25, -0.2) is 4.68 Å². The molecule has 0 spiro atoms. The van der Waals surface area contributed by atoms with Crippen LogP contribution in [0.5, 0.6) is 0 Å². The van der Waals surface area contributed by atoms with Crippen LogP contribution in [0.4, 0.5) is 0 Å². The second kappa shape index (κ2) is 4.53. The summed E-state index contributed by atoms with van der Waals surface area (Å²) in [6.45, 7) is 0.150. The van der Waals surface area contributed by atoms with Gasteiger partial charge in [0.1, 0.15) is 12.4 Å². The van der Waals surface area contributed by atoms with Gasteiger partial charge in [-0.3, -0.25) is 4.79 Å². The van der Waals surface area contributed by atoms with Crippen LogP contribution < -0.4 is 5.73 Å². The lowest BCUT2D eigenvalue weighted by Crippen LogP contribution is -2.19. The summed E-state index contributed by atoms with van der Waals surface area (Å²) in [5.74, 6) is -0.613. The topological polar surface area (TPSA) is 103 Å². The standard InChI is InChI=1S/C6H10N4O3/c7-6(12)5-3-8-9-10(5)4-13-2-1-11/h3,11H,1-2,4H2,(H2,7,12). The fourth-order valence-corrected chi connectivity index (χ4v) is 0.759. The number of aliphatic hydroxyl groups is 1. The molecule has 7 heteroatoms. The highest BCUT2D eigenvalue weighted by atomic mass is 16.5. The number of carbonyl (C=O) groups is 1. The zero-order valence-corrected chi connectivity index (χ0v) is 6.88. The van der Waals surface area contributed by atoms with Crippen LogP contribution in [0.1, 0.15) is 10.5 Å². The Hall–Kier alpha value is -1.47. The zero-order chi connectivity index (χ0) is 9.68. The Morgan fingerprint density at radius 2 is 2.54 bits per heavy atom. The second-order valence-electron chi connectivity index (χ2n) is 2.24. The van der Waals surface area contributed by atoms with Crippen molar-refractivity contribution >= 4 is 5.91 Å². The number of rotatable bonds is 5. The van der Waals surface area contributed by atoms with Crippen molar-refractivity contribution in [1.29, 1.82) is 0 Å². The van der Waals surface area contributed by atoms with E-state index < -0.39 is 5.91 Å². The Kier molecular flexibility index (Phi) is 3.35. The minimum absolute atomic E-state index is 0.0544. The molecule has 0 fully saturated rings. The molecule has 1 amide bonds. The molecule has 0 aliphatic rings. The number of hydrogen-bond acceptors (Lipinski definition) is 5. The van der Waals surface area contributed by atoms with E-state index in [1.54, 1.807) is 0 Å². The Bertz CT molecular complexity index is 285. The van der Waals surface area contributed by atoms with E-state index in [-0.39, 0.29) is 25.6 Å². The summed E-state index contributed by atoms with van der Waals surface area (Å²) in [7, 11) is 0. The number of carbonyl (C=O) groups excluding carboxylic acids is 1. The Labute approximate surface area is 74.1 Å². The average molecular weight is 186 g/mol.